The van der Waals surface area contributed by atoms with Crippen molar-refractivity contribution in [1.29, 1.82) is 0 Å². The van der Waals surface area contributed by atoms with Crippen LogP contribution in [0.5, 0.6) is 0 Å². The zero-order valence-electron chi connectivity index (χ0n) is 11.7. The van der Waals surface area contributed by atoms with Gasteiger partial charge in [-0.05, 0) is 19.3 Å². The number of carboxylic acid groups (broad SMARTS) is 1. The number of amides is 2. The van der Waals surface area contributed by atoms with Gasteiger partial charge in [-0.25, -0.2) is 14.6 Å². The van der Waals surface area contributed by atoms with Gasteiger partial charge in [0.25, 0.3) is 0 Å². The molecule has 116 valence electrons. The van der Waals surface area contributed by atoms with Crippen LogP contribution in [0.3, 0.4) is 0 Å². The van der Waals surface area contributed by atoms with Crippen LogP contribution >= 0.6 is 0 Å². The van der Waals surface area contributed by atoms with Gasteiger partial charge in [-0.2, -0.15) is 0 Å². The van der Waals surface area contributed by atoms with E-state index in [1.807, 2.05) is 0 Å². The van der Waals surface area contributed by atoms with Crippen molar-refractivity contribution in [2.24, 2.45) is 0 Å². The number of rotatable bonds is 6. The molecule has 0 spiro atoms. The van der Waals surface area contributed by atoms with E-state index in [9.17, 15) is 9.59 Å². The molecule has 1 aliphatic heterocycles. The Kier molecular flexibility index (Phi) is 5.56. The molecule has 21 heavy (non-hydrogen) atoms. The summed E-state index contributed by atoms with van der Waals surface area (Å²) in [5.74, 6) is -1.06. The predicted molar refractivity (Wildman–Crippen MR) is 74.2 cm³/mol. The van der Waals surface area contributed by atoms with Gasteiger partial charge in [0.2, 0.25) is 0 Å². The summed E-state index contributed by atoms with van der Waals surface area (Å²) in [5, 5.41) is 14.2. The average Bonchev–Trinajstić information content (AvgIpc) is 2.95. The SMILES string of the molecule is O=C(NCCn1cnc(C(=O)O)c1)NCC1CCCCO1. The quantitative estimate of drug-likeness (QED) is 0.707. The molecule has 0 aliphatic carbocycles. The predicted octanol–water partition coefficient (Wildman–Crippen LogP) is 0.450. The van der Waals surface area contributed by atoms with E-state index in [-0.39, 0.29) is 17.8 Å². The molecule has 8 nitrogen and oxygen atoms in total. The number of urea groups is 1. The average molecular weight is 296 g/mol. The van der Waals surface area contributed by atoms with Crippen LogP contribution in [0.15, 0.2) is 12.5 Å². The van der Waals surface area contributed by atoms with Gasteiger partial charge in [0.1, 0.15) is 0 Å². The molecule has 1 aromatic heterocycles. The number of hydrogen-bond acceptors (Lipinski definition) is 4. The lowest BCUT2D eigenvalue weighted by Crippen LogP contribution is -2.42. The van der Waals surface area contributed by atoms with Crippen LogP contribution in [0.25, 0.3) is 0 Å². The largest absolute Gasteiger partial charge is 0.476 e. The Labute approximate surface area is 122 Å². The van der Waals surface area contributed by atoms with Gasteiger partial charge >= 0.3 is 12.0 Å². The lowest BCUT2D eigenvalue weighted by Gasteiger charge is -2.22. The molecule has 1 aliphatic rings. The van der Waals surface area contributed by atoms with Crippen molar-refractivity contribution in [3.63, 3.8) is 0 Å². The third-order valence-electron chi connectivity index (χ3n) is 3.27. The lowest BCUT2D eigenvalue weighted by atomic mass is 10.1. The first-order valence-electron chi connectivity index (χ1n) is 7.03. The molecule has 2 heterocycles. The number of carbonyl (C=O) groups excluding carboxylic acids is 1. The number of carboxylic acids is 1. The van der Waals surface area contributed by atoms with Crippen LogP contribution in [0.2, 0.25) is 0 Å². The van der Waals surface area contributed by atoms with Crippen molar-refractivity contribution in [3.8, 4) is 0 Å². The van der Waals surface area contributed by atoms with Crippen molar-refractivity contribution in [2.75, 3.05) is 19.7 Å². The maximum absolute atomic E-state index is 11.6. The summed E-state index contributed by atoms with van der Waals surface area (Å²) in [6.45, 7) is 2.14. The molecule has 1 saturated heterocycles. The van der Waals surface area contributed by atoms with Crippen LogP contribution in [0.4, 0.5) is 4.79 Å². The van der Waals surface area contributed by atoms with Crippen molar-refractivity contribution in [3.05, 3.63) is 18.2 Å². The number of aromatic nitrogens is 2. The maximum atomic E-state index is 11.6. The van der Waals surface area contributed by atoms with E-state index in [0.717, 1.165) is 25.9 Å². The van der Waals surface area contributed by atoms with Crippen LogP contribution in [0, 0.1) is 0 Å². The van der Waals surface area contributed by atoms with Gasteiger partial charge in [0.05, 0.1) is 12.4 Å². The fourth-order valence-electron chi connectivity index (χ4n) is 2.13. The Balaban J connectivity index is 1.61. The van der Waals surface area contributed by atoms with E-state index in [2.05, 4.69) is 15.6 Å². The Bertz CT molecular complexity index is 482. The van der Waals surface area contributed by atoms with Gasteiger partial charge in [-0.1, -0.05) is 0 Å². The van der Waals surface area contributed by atoms with E-state index < -0.39 is 5.97 Å². The second-order valence-electron chi connectivity index (χ2n) is 4.93. The van der Waals surface area contributed by atoms with Crippen LogP contribution in [0.1, 0.15) is 29.8 Å². The van der Waals surface area contributed by atoms with E-state index in [1.54, 1.807) is 4.57 Å². The Morgan fingerprint density at radius 1 is 1.43 bits per heavy atom. The minimum absolute atomic E-state index is 0.00565. The number of ether oxygens (including phenoxy) is 1. The van der Waals surface area contributed by atoms with Crippen molar-refractivity contribution in [2.45, 2.75) is 31.9 Å². The summed E-state index contributed by atoms with van der Waals surface area (Å²) < 4.78 is 7.14. The highest BCUT2D eigenvalue weighted by Gasteiger charge is 2.14. The topological polar surface area (TPSA) is 105 Å². The monoisotopic (exact) mass is 296 g/mol. The van der Waals surface area contributed by atoms with Crippen molar-refractivity contribution < 1.29 is 19.4 Å². The molecule has 2 rings (SSSR count). The second-order valence-corrected chi connectivity index (χ2v) is 4.93. The molecule has 1 unspecified atom stereocenters. The summed E-state index contributed by atoms with van der Waals surface area (Å²) >= 11 is 0. The highest BCUT2D eigenvalue weighted by molar-refractivity contribution is 5.84. The van der Waals surface area contributed by atoms with Gasteiger partial charge in [-0.3, -0.25) is 0 Å². The van der Waals surface area contributed by atoms with Crippen molar-refractivity contribution >= 4 is 12.0 Å². The van der Waals surface area contributed by atoms with Crippen LogP contribution < -0.4 is 10.6 Å². The molecule has 1 atom stereocenters. The molecule has 0 saturated carbocycles. The number of carbonyl (C=O) groups is 2. The number of imidazole rings is 1. The third kappa shape index (κ3) is 5.07. The van der Waals surface area contributed by atoms with Gasteiger partial charge in [0, 0.05) is 32.4 Å². The molecule has 3 N–H and O–H groups in total. The van der Waals surface area contributed by atoms with E-state index in [0.29, 0.717) is 19.6 Å². The fourth-order valence-corrected chi connectivity index (χ4v) is 2.13. The van der Waals surface area contributed by atoms with Crippen molar-refractivity contribution in [1.82, 2.24) is 20.2 Å². The van der Waals surface area contributed by atoms with Gasteiger partial charge in [-0.15, -0.1) is 0 Å². The fraction of sp³-hybridized carbons (Fsp3) is 0.615. The summed E-state index contributed by atoms with van der Waals surface area (Å²) in [7, 11) is 0. The van der Waals surface area contributed by atoms with Gasteiger partial charge in [0.15, 0.2) is 5.69 Å². The Morgan fingerprint density at radius 3 is 2.95 bits per heavy atom. The van der Waals surface area contributed by atoms with E-state index in [4.69, 9.17) is 9.84 Å². The van der Waals surface area contributed by atoms with E-state index >= 15 is 0 Å². The number of nitrogens with zero attached hydrogens (tertiary/aromatic N) is 2. The molecular weight excluding hydrogens is 276 g/mol. The first kappa shape index (κ1) is 15.3. The van der Waals surface area contributed by atoms with E-state index in [1.165, 1.54) is 12.5 Å². The minimum atomic E-state index is -1.06. The molecule has 0 bridgehead atoms. The summed E-state index contributed by atoms with van der Waals surface area (Å²) in [5.41, 5.74) is -0.00565. The Hall–Kier alpha value is -2.09. The normalized spacial score (nSPS) is 18.2. The second kappa shape index (κ2) is 7.63. The maximum Gasteiger partial charge on any atom is 0.356 e. The Morgan fingerprint density at radius 2 is 2.29 bits per heavy atom. The highest BCUT2D eigenvalue weighted by Crippen LogP contribution is 2.11. The summed E-state index contributed by atoms with van der Waals surface area (Å²) in [6.07, 6.45) is 6.17. The molecule has 1 fully saturated rings. The highest BCUT2D eigenvalue weighted by atomic mass is 16.5. The van der Waals surface area contributed by atoms with Crippen LogP contribution in [-0.4, -0.2) is 52.5 Å². The molecule has 2 amide bonds. The number of aromatic carboxylic acids is 1. The number of hydrogen-bond donors (Lipinski definition) is 3. The molecule has 0 aromatic carbocycles. The lowest BCUT2D eigenvalue weighted by molar-refractivity contribution is 0.0184. The smallest absolute Gasteiger partial charge is 0.356 e. The summed E-state index contributed by atoms with van der Waals surface area (Å²) in [4.78, 5) is 26.0. The molecular formula is C13H20N4O4. The zero-order chi connectivity index (χ0) is 15.1. The first-order chi connectivity index (χ1) is 10.1. The summed E-state index contributed by atoms with van der Waals surface area (Å²) in [6, 6.07) is -0.247. The molecule has 1 aromatic rings. The molecule has 8 heteroatoms. The third-order valence-corrected chi connectivity index (χ3v) is 3.27. The van der Waals surface area contributed by atoms with Crippen LogP contribution in [-0.2, 0) is 11.3 Å². The molecule has 0 radical (unpaired) electrons. The minimum Gasteiger partial charge on any atom is -0.476 e. The number of nitrogens with one attached hydrogen (secondary N) is 2. The first-order valence-corrected chi connectivity index (χ1v) is 7.03. The standard InChI is InChI=1S/C13H20N4O4/c18-12(19)11-8-17(9-16-11)5-4-14-13(20)15-7-10-3-1-2-6-21-10/h8-10H,1-7H2,(H,18,19)(H2,14,15,20). The van der Waals surface area contributed by atoms with Gasteiger partial charge < -0.3 is 25.0 Å². The zero-order valence-corrected chi connectivity index (χ0v) is 11.7.